The highest BCUT2D eigenvalue weighted by atomic mass is 16.5. The third-order valence-electron chi connectivity index (χ3n) is 4.06. The van der Waals surface area contributed by atoms with Crippen molar-refractivity contribution in [3.8, 4) is 11.8 Å². The van der Waals surface area contributed by atoms with Gasteiger partial charge in [-0.1, -0.05) is 5.16 Å². The van der Waals surface area contributed by atoms with Crippen LogP contribution in [-0.4, -0.2) is 41.3 Å². The predicted molar refractivity (Wildman–Crippen MR) is 84.1 cm³/mol. The normalized spacial score (nSPS) is 18.5. The molecule has 1 aliphatic heterocycles. The number of ether oxygens (including phenoxy) is 1. The zero-order valence-corrected chi connectivity index (χ0v) is 13.2. The van der Waals surface area contributed by atoms with Gasteiger partial charge < -0.3 is 9.26 Å². The van der Waals surface area contributed by atoms with E-state index >= 15 is 0 Å². The fourth-order valence-corrected chi connectivity index (χ4v) is 2.86. The molecule has 1 aromatic carbocycles. The minimum absolute atomic E-state index is 0.319. The zero-order valence-electron chi connectivity index (χ0n) is 13.2. The Morgan fingerprint density at radius 2 is 2.22 bits per heavy atom. The molecule has 1 unspecified atom stereocenters. The maximum Gasteiger partial charge on any atom is 0.231 e. The molecule has 6 heteroatoms. The summed E-state index contributed by atoms with van der Waals surface area (Å²) in [6.07, 6.45) is 2.22. The Kier molecular flexibility index (Phi) is 4.89. The Hall–Kier alpha value is -2.39. The van der Waals surface area contributed by atoms with Crippen LogP contribution < -0.4 is 4.74 Å². The molecule has 2 heterocycles. The van der Waals surface area contributed by atoms with Gasteiger partial charge in [-0.05, 0) is 50.6 Å². The van der Waals surface area contributed by atoms with Crippen LogP contribution in [0.4, 0.5) is 0 Å². The van der Waals surface area contributed by atoms with E-state index in [4.69, 9.17) is 14.5 Å². The summed E-state index contributed by atoms with van der Waals surface area (Å²) >= 11 is 0. The number of rotatable bonds is 5. The molecule has 23 heavy (non-hydrogen) atoms. The van der Waals surface area contributed by atoms with Gasteiger partial charge in [0.25, 0.3) is 0 Å². The first-order valence-corrected chi connectivity index (χ1v) is 7.90. The van der Waals surface area contributed by atoms with E-state index in [-0.39, 0.29) is 0 Å². The summed E-state index contributed by atoms with van der Waals surface area (Å²) in [5.74, 6) is 2.56. The summed E-state index contributed by atoms with van der Waals surface area (Å²) in [6, 6.07) is 9.30. The van der Waals surface area contributed by atoms with E-state index in [1.807, 2.05) is 19.1 Å². The summed E-state index contributed by atoms with van der Waals surface area (Å²) in [5.41, 5.74) is 0.645. The lowest BCUT2D eigenvalue weighted by atomic mass is 9.98. The molecule has 1 aromatic heterocycles. The van der Waals surface area contributed by atoms with E-state index in [2.05, 4.69) is 21.1 Å². The smallest absolute Gasteiger partial charge is 0.231 e. The number of piperidine rings is 1. The van der Waals surface area contributed by atoms with Crippen LogP contribution in [-0.2, 0) is 0 Å². The van der Waals surface area contributed by atoms with Gasteiger partial charge in [0.15, 0.2) is 5.82 Å². The second-order valence-corrected chi connectivity index (χ2v) is 5.80. The van der Waals surface area contributed by atoms with Crippen molar-refractivity contribution in [3.05, 3.63) is 41.5 Å². The standard InChI is InChI=1S/C17H20N4O2/c1-13-19-17(23-20-13)15-3-2-8-21(12-15)9-10-22-16-6-4-14(11-18)5-7-16/h4-7,15H,2-3,8-10,12H2,1H3. The lowest BCUT2D eigenvalue weighted by Crippen LogP contribution is -2.37. The number of hydrogen-bond donors (Lipinski definition) is 0. The van der Waals surface area contributed by atoms with Crippen LogP contribution in [0.5, 0.6) is 5.75 Å². The SMILES string of the molecule is Cc1noc(C2CCCN(CCOc3ccc(C#N)cc3)C2)n1. The van der Waals surface area contributed by atoms with Gasteiger partial charge >= 0.3 is 0 Å². The molecule has 1 fully saturated rings. The van der Waals surface area contributed by atoms with Gasteiger partial charge in [-0.2, -0.15) is 10.2 Å². The van der Waals surface area contributed by atoms with Crippen molar-refractivity contribution in [2.45, 2.75) is 25.7 Å². The van der Waals surface area contributed by atoms with Crippen LogP contribution in [0.3, 0.4) is 0 Å². The van der Waals surface area contributed by atoms with Gasteiger partial charge in [-0.25, -0.2) is 0 Å². The number of benzene rings is 1. The van der Waals surface area contributed by atoms with Crippen LogP contribution in [0.1, 0.15) is 36.0 Å². The molecular weight excluding hydrogens is 292 g/mol. The summed E-state index contributed by atoms with van der Waals surface area (Å²) in [7, 11) is 0. The highest BCUT2D eigenvalue weighted by molar-refractivity contribution is 5.34. The molecule has 1 atom stereocenters. The maximum atomic E-state index is 8.78. The van der Waals surface area contributed by atoms with E-state index in [9.17, 15) is 0 Å². The molecule has 0 aliphatic carbocycles. The van der Waals surface area contributed by atoms with Crippen LogP contribution in [0.25, 0.3) is 0 Å². The van der Waals surface area contributed by atoms with Crippen molar-refractivity contribution in [1.29, 1.82) is 5.26 Å². The van der Waals surface area contributed by atoms with Gasteiger partial charge in [-0.15, -0.1) is 0 Å². The lowest BCUT2D eigenvalue weighted by molar-refractivity contribution is 0.157. The van der Waals surface area contributed by atoms with E-state index in [1.54, 1.807) is 12.1 Å². The molecule has 120 valence electrons. The number of nitriles is 1. The predicted octanol–water partition coefficient (Wildman–Crippen LogP) is 2.51. The molecule has 0 N–H and O–H groups in total. The van der Waals surface area contributed by atoms with Crippen molar-refractivity contribution in [3.63, 3.8) is 0 Å². The molecule has 3 rings (SSSR count). The first-order valence-electron chi connectivity index (χ1n) is 7.90. The monoisotopic (exact) mass is 312 g/mol. The van der Waals surface area contributed by atoms with Crippen molar-refractivity contribution in [1.82, 2.24) is 15.0 Å². The Balaban J connectivity index is 1.47. The van der Waals surface area contributed by atoms with Crippen LogP contribution in [0.2, 0.25) is 0 Å². The van der Waals surface area contributed by atoms with Crippen molar-refractivity contribution < 1.29 is 9.26 Å². The molecular formula is C17H20N4O2. The van der Waals surface area contributed by atoms with E-state index in [0.717, 1.165) is 44.1 Å². The topological polar surface area (TPSA) is 75.2 Å². The van der Waals surface area contributed by atoms with Crippen LogP contribution >= 0.6 is 0 Å². The van der Waals surface area contributed by atoms with E-state index in [1.165, 1.54) is 0 Å². The summed E-state index contributed by atoms with van der Waals surface area (Å²) < 4.78 is 11.1. The number of hydrogen-bond acceptors (Lipinski definition) is 6. The molecule has 1 aliphatic rings. The Labute approximate surface area is 135 Å². The second-order valence-electron chi connectivity index (χ2n) is 5.80. The Morgan fingerprint density at radius 3 is 2.91 bits per heavy atom. The van der Waals surface area contributed by atoms with Gasteiger partial charge in [0.05, 0.1) is 17.6 Å². The number of likely N-dealkylation sites (tertiary alicyclic amines) is 1. The Morgan fingerprint density at radius 1 is 1.39 bits per heavy atom. The summed E-state index contributed by atoms with van der Waals surface area (Å²) in [6.45, 7) is 5.34. The summed E-state index contributed by atoms with van der Waals surface area (Å²) in [4.78, 5) is 6.72. The number of nitrogens with zero attached hydrogens (tertiary/aromatic N) is 4. The quantitative estimate of drug-likeness (QED) is 0.844. The average Bonchev–Trinajstić information content (AvgIpc) is 3.02. The van der Waals surface area contributed by atoms with Crippen molar-refractivity contribution in [2.24, 2.45) is 0 Å². The molecule has 0 saturated carbocycles. The van der Waals surface area contributed by atoms with Crippen molar-refractivity contribution in [2.75, 3.05) is 26.2 Å². The summed E-state index contributed by atoms with van der Waals surface area (Å²) in [5, 5.41) is 12.7. The van der Waals surface area contributed by atoms with Crippen LogP contribution in [0.15, 0.2) is 28.8 Å². The first-order chi connectivity index (χ1) is 11.2. The average molecular weight is 312 g/mol. The molecule has 0 amide bonds. The number of aromatic nitrogens is 2. The Bertz CT molecular complexity index is 675. The largest absolute Gasteiger partial charge is 0.492 e. The van der Waals surface area contributed by atoms with Gasteiger partial charge in [0, 0.05) is 13.1 Å². The third-order valence-corrected chi connectivity index (χ3v) is 4.06. The van der Waals surface area contributed by atoms with Gasteiger partial charge in [0.1, 0.15) is 12.4 Å². The van der Waals surface area contributed by atoms with Crippen molar-refractivity contribution >= 4 is 0 Å². The van der Waals surface area contributed by atoms with Gasteiger partial charge in [-0.3, -0.25) is 4.90 Å². The highest BCUT2D eigenvalue weighted by Gasteiger charge is 2.25. The molecule has 6 nitrogen and oxygen atoms in total. The van der Waals surface area contributed by atoms with E-state index < -0.39 is 0 Å². The minimum atomic E-state index is 0.319. The maximum absolute atomic E-state index is 8.78. The first kappa shape index (κ1) is 15.5. The second kappa shape index (κ2) is 7.25. The molecule has 2 aromatic rings. The zero-order chi connectivity index (χ0) is 16.1. The fraction of sp³-hybridized carbons (Fsp3) is 0.471. The van der Waals surface area contributed by atoms with E-state index in [0.29, 0.717) is 23.9 Å². The van der Waals surface area contributed by atoms with Crippen LogP contribution in [0, 0.1) is 18.3 Å². The molecule has 1 saturated heterocycles. The molecule has 0 spiro atoms. The minimum Gasteiger partial charge on any atom is -0.492 e. The molecule has 0 bridgehead atoms. The van der Waals surface area contributed by atoms with Gasteiger partial charge in [0.2, 0.25) is 5.89 Å². The molecule has 0 radical (unpaired) electrons. The third kappa shape index (κ3) is 4.08. The lowest BCUT2D eigenvalue weighted by Gasteiger charge is -2.30. The number of aryl methyl sites for hydroxylation is 1. The fourth-order valence-electron chi connectivity index (χ4n) is 2.86. The highest BCUT2D eigenvalue weighted by Crippen LogP contribution is 2.25.